The average molecular weight is 588 g/mol. The lowest BCUT2D eigenvalue weighted by Gasteiger charge is -2.36. The number of carboxylic acid groups (broad SMARTS) is 3. The average Bonchev–Trinajstić information content (AvgIpc) is 2.93. The summed E-state index contributed by atoms with van der Waals surface area (Å²) in [6.45, 7) is -0.784. The maximum atomic E-state index is 12.9. The summed E-state index contributed by atoms with van der Waals surface area (Å²) in [4.78, 5) is 67.8. The van der Waals surface area contributed by atoms with Crippen LogP contribution in [0.4, 0.5) is 0 Å². The number of likely N-dealkylation sites (tertiary alicyclic amines) is 2. The Labute approximate surface area is 239 Å². The van der Waals surface area contributed by atoms with Crippen LogP contribution in [0.2, 0.25) is 0 Å². The van der Waals surface area contributed by atoms with Gasteiger partial charge in [-0.2, -0.15) is 0 Å². The molecule has 0 spiro atoms. The number of carboxylic acids is 3. The summed E-state index contributed by atoms with van der Waals surface area (Å²) in [7, 11) is 0. The molecule has 0 aromatic heterocycles. The lowest BCUT2D eigenvalue weighted by molar-refractivity contribution is -0.142. The van der Waals surface area contributed by atoms with E-state index in [9.17, 15) is 49.5 Å². The van der Waals surface area contributed by atoms with E-state index in [-0.39, 0.29) is 76.4 Å². The molecule has 0 radical (unpaired) electrons. The van der Waals surface area contributed by atoms with Crippen molar-refractivity contribution in [1.29, 1.82) is 0 Å². The molecule has 15 heteroatoms. The van der Waals surface area contributed by atoms with Crippen LogP contribution in [0, 0.1) is 0 Å². The Morgan fingerprint density at radius 1 is 0.537 bits per heavy atom. The maximum absolute atomic E-state index is 12.9. The Bertz CT molecular complexity index is 829. The molecule has 5 N–H and O–H groups in total. The van der Waals surface area contributed by atoms with Gasteiger partial charge in [-0.3, -0.25) is 38.7 Å². The van der Waals surface area contributed by atoms with Crippen LogP contribution >= 0.6 is 0 Å². The summed E-state index contributed by atoms with van der Waals surface area (Å²) >= 11 is 0. The standard InChI is InChI=1S/C26H45N5O10/c32-18-20-5-1-3-7-30(20)22(34)13-28(16-25(38)39)11-9-27(15-24(36)37)10-12-29(17-26(40)41)14-23(35)31-8-4-2-6-21(31)19-33/h20-21,32-33H,1-19H2,(H,36,37)(H,38,39)(H,40,41). The second kappa shape index (κ2) is 17.9. The van der Waals surface area contributed by atoms with Crippen molar-refractivity contribution in [3.63, 3.8) is 0 Å². The van der Waals surface area contributed by atoms with Crippen LogP contribution in [0.25, 0.3) is 0 Å². The number of hydrogen-bond donors (Lipinski definition) is 5. The van der Waals surface area contributed by atoms with Crippen LogP contribution in [0.15, 0.2) is 0 Å². The molecule has 2 saturated heterocycles. The number of amides is 2. The first kappa shape index (κ1) is 34.4. The predicted molar refractivity (Wildman–Crippen MR) is 145 cm³/mol. The highest BCUT2D eigenvalue weighted by Crippen LogP contribution is 2.18. The van der Waals surface area contributed by atoms with Crippen molar-refractivity contribution in [2.45, 2.75) is 50.6 Å². The monoisotopic (exact) mass is 587 g/mol. The molecule has 2 atom stereocenters. The Hall–Kier alpha value is -2.85. The van der Waals surface area contributed by atoms with Crippen LogP contribution < -0.4 is 0 Å². The summed E-state index contributed by atoms with van der Waals surface area (Å²) in [5, 5.41) is 47.4. The molecule has 15 nitrogen and oxygen atoms in total. The summed E-state index contributed by atoms with van der Waals surface area (Å²) < 4.78 is 0. The molecule has 0 saturated carbocycles. The summed E-state index contributed by atoms with van der Waals surface area (Å²) in [5.74, 6) is -4.04. The van der Waals surface area contributed by atoms with E-state index in [2.05, 4.69) is 0 Å². The van der Waals surface area contributed by atoms with Crippen LogP contribution in [-0.4, -0.2) is 177 Å². The van der Waals surface area contributed by atoms with Gasteiger partial charge in [-0.25, -0.2) is 0 Å². The van der Waals surface area contributed by atoms with E-state index in [1.54, 1.807) is 9.80 Å². The van der Waals surface area contributed by atoms with Crippen molar-refractivity contribution in [3.05, 3.63) is 0 Å². The van der Waals surface area contributed by atoms with E-state index in [1.807, 2.05) is 0 Å². The van der Waals surface area contributed by atoms with E-state index in [4.69, 9.17) is 0 Å². The lowest BCUT2D eigenvalue weighted by atomic mass is 10.0. The Kier molecular flexibility index (Phi) is 15.0. The number of rotatable bonds is 18. The number of nitrogens with zero attached hydrogens (tertiary/aromatic N) is 5. The zero-order valence-corrected chi connectivity index (χ0v) is 23.6. The first-order valence-electron chi connectivity index (χ1n) is 14.2. The van der Waals surface area contributed by atoms with Crippen LogP contribution in [-0.2, 0) is 24.0 Å². The fourth-order valence-electron chi connectivity index (χ4n) is 5.44. The van der Waals surface area contributed by atoms with E-state index >= 15 is 0 Å². The fourth-order valence-corrected chi connectivity index (χ4v) is 5.44. The van der Waals surface area contributed by atoms with Crippen molar-refractivity contribution in [3.8, 4) is 0 Å². The highest BCUT2D eigenvalue weighted by Gasteiger charge is 2.29. The Morgan fingerprint density at radius 2 is 0.878 bits per heavy atom. The van der Waals surface area contributed by atoms with Gasteiger partial charge >= 0.3 is 17.9 Å². The molecule has 0 aromatic rings. The number of carbonyl (C=O) groups excluding carboxylic acids is 2. The van der Waals surface area contributed by atoms with Gasteiger partial charge in [-0.15, -0.1) is 0 Å². The molecule has 2 heterocycles. The van der Waals surface area contributed by atoms with Gasteiger partial charge in [-0.05, 0) is 38.5 Å². The molecule has 0 aliphatic carbocycles. The zero-order valence-electron chi connectivity index (χ0n) is 23.6. The molecule has 2 amide bonds. The largest absolute Gasteiger partial charge is 0.480 e. The summed E-state index contributed by atoms with van der Waals surface area (Å²) in [5.41, 5.74) is 0. The fraction of sp³-hybridized carbons (Fsp3) is 0.808. The lowest BCUT2D eigenvalue weighted by Crippen LogP contribution is -2.52. The molecule has 0 bridgehead atoms. The van der Waals surface area contributed by atoms with Gasteiger partial charge < -0.3 is 35.3 Å². The van der Waals surface area contributed by atoms with Gasteiger partial charge in [0.25, 0.3) is 0 Å². The third-order valence-electron chi connectivity index (χ3n) is 7.58. The van der Waals surface area contributed by atoms with Crippen LogP contribution in [0.1, 0.15) is 38.5 Å². The van der Waals surface area contributed by atoms with Gasteiger partial charge in [0.1, 0.15) is 0 Å². The number of carbonyl (C=O) groups is 5. The van der Waals surface area contributed by atoms with Gasteiger partial charge in [0.05, 0.1) is 58.0 Å². The molecule has 0 aromatic carbocycles. The Morgan fingerprint density at radius 3 is 1.22 bits per heavy atom. The third kappa shape index (κ3) is 12.3. The van der Waals surface area contributed by atoms with E-state index in [0.717, 1.165) is 25.7 Å². The molecule has 2 aliphatic heterocycles. The molecular formula is C26H45N5O10. The summed E-state index contributed by atoms with van der Waals surface area (Å²) in [6, 6.07) is -0.626. The second-order valence-electron chi connectivity index (χ2n) is 10.7. The number of aliphatic hydroxyl groups excluding tert-OH is 2. The zero-order chi connectivity index (χ0) is 30.4. The quantitative estimate of drug-likeness (QED) is 0.117. The first-order valence-corrected chi connectivity index (χ1v) is 14.2. The number of piperidine rings is 2. The molecular weight excluding hydrogens is 542 g/mol. The number of aliphatic hydroxyl groups is 2. The highest BCUT2D eigenvalue weighted by molar-refractivity contribution is 5.80. The smallest absolute Gasteiger partial charge is 0.317 e. The SMILES string of the molecule is O=C(O)CN(CCN(CC(=O)O)CC(=O)N1CCCCC1CO)CCN(CC(=O)O)CC(=O)N1CCCCC1CO. The van der Waals surface area contributed by atoms with E-state index in [1.165, 1.54) is 14.7 Å². The molecule has 2 rings (SSSR count). The molecule has 234 valence electrons. The van der Waals surface area contributed by atoms with Crippen LogP contribution in [0.3, 0.4) is 0 Å². The first-order chi connectivity index (χ1) is 19.5. The minimum absolute atomic E-state index is 0.0623. The number of hydrogen-bond acceptors (Lipinski definition) is 10. The summed E-state index contributed by atoms with van der Waals surface area (Å²) in [6.07, 6.45) is 4.70. The van der Waals surface area contributed by atoms with E-state index < -0.39 is 37.5 Å². The minimum atomic E-state index is -1.15. The van der Waals surface area contributed by atoms with Crippen molar-refractivity contribution in [1.82, 2.24) is 24.5 Å². The van der Waals surface area contributed by atoms with Gasteiger partial charge in [0, 0.05) is 39.3 Å². The maximum Gasteiger partial charge on any atom is 0.317 e. The second-order valence-corrected chi connectivity index (χ2v) is 10.7. The van der Waals surface area contributed by atoms with Crippen molar-refractivity contribution in [2.75, 3.05) is 85.2 Å². The molecule has 2 aliphatic rings. The van der Waals surface area contributed by atoms with Gasteiger partial charge in [0.15, 0.2) is 0 Å². The predicted octanol–water partition coefficient (Wildman–Crippen LogP) is -2.11. The van der Waals surface area contributed by atoms with Crippen molar-refractivity contribution >= 4 is 29.7 Å². The van der Waals surface area contributed by atoms with Gasteiger partial charge in [0.2, 0.25) is 11.8 Å². The van der Waals surface area contributed by atoms with Crippen molar-refractivity contribution < 1.29 is 49.5 Å². The molecule has 2 unspecified atom stereocenters. The third-order valence-corrected chi connectivity index (χ3v) is 7.58. The van der Waals surface area contributed by atoms with Gasteiger partial charge in [-0.1, -0.05) is 0 Å². The van der Waals surface area contributed by atoms with Crippen LogP contribution in [0.5, 0.6) is 0 Å². The Balaban J connectivity index is 2.02. The topological polar surface area (TPSA) is 203 Å². The molecule has 41 heavy (non-hydrogen) atoms. The molecule has 2 fully saturated rings. The van der Waals surface area contributed by atoms with E-state index in [0.29, 0.717) is 25.9 Å². The minimum Gasteiger partial charge on any atom is -0.480 e. The normalized spacial score (nSPS) is 19.6. The number of aliphatic carboxylic acids is 3. The van der Waals surface area contributed by atoms with Crippen molar-refractivity contribution in [2.24, 2.45) is 0 Å². The highest BCUT2D eigenvalue weighted by atomic mass is 16.4.